The summed E-state index contributed by atoms with van der Waals surface area (Å²) in [6.45, 7) is 0. The van der Waals surface area contributed by atoms with Crippen molar-refractivity contribution in [3.63, 3.8) is 0 Å². The Morgan fingerprint density at radius 3 is 2.85 bits per heavy atom. The van der Waals surface area contributed by atoms with E-state index in [0.29, 0.717) is 5.02 Å². The molecule has 0 aromatic heterocycles. The molecule has 0 bridgehead atoms. The number of ether oxygens (including phenoxy) is 1. The number of hydrogen-bond donors (Lipinski definition) is 0. The molecule has 1 aromatic carbocycles. The Balaban J connectivity index is 2.88. The van der Waals surface area contributed by atoms with Gasteiger partial charge in [0.2, 0.25) is 0 Å². The van der Waals surface area contributed by atoms with Gasteiger partial charge in [0.05, 0.1) is 7.11 Å². The van der Waals surface area contributed by atoms with E-state index in [2.05, 4.69) is 20.7 Å². The van der Waals surface area contributed by atoms with Crippen molar-refractivity contribution in [2.24, 2.45) is 0 Å². The van der Waals surface area contributed by atoms with Gasteiger partial charge in [-0.05, 0) is 17.7 Å². The standard InChI is InChI=1S/C9H8BrClO2/c1-13-9(12)8(10)6-3-2-4-7(11)5-6/h2-5,8H,1H3/t8-/m0/s1. The lowest BCUT2D eigenvalue weighted by Gasteiger charge is -2.07. The maximum atomic E-state index is 11.1. The second-order valence-corrected chi connectivity index (χ2v) is 3.79. The fraction of sp³-hybridized carbons (Fsp3) is 0.222. The molecule has 0 radical (unpaired) electrons. The first-order valence-corrected chi connectivity index (χ1v) is 4.92. The summed E-state index contributed by atoms with van der Waals surface area (Å²) >= 11 is 8.98. The maximum absolute atomic E-state index is 11.1. The van der Waals surface area contributed by atoms with Gasteiger partial charge in [-0.2, -0.15) is 0 Å². The number of methoxy groups -OCH3 is 1. The molecule has 0 unspecified atom stereocenters. The fourth-order valence-corrected chi connectivity index (χ4v) is 1.57. The first kappa shape index (κ1) is 10.5. The molecular formula is C9H8BrClO2. The van der Waals surface area contributed by atoms with E-state index in [4.69, 9.17) is 11.6 Å². The van der Waals surface area contributed by atoms with Crippen molar-refractivity contribution in [2.75, 3.05) is 7.11 Å². The summed E-state index contributed by atoms with van der Waals surface area (Å²) in [6, 6.07) is 7.07. The van der Waals surface area contributed by atoms with Crippen LogP contribution < -0.4 is 0 Å². The molecule has 2 nitrogen and oxygen atoms in total. The van der Waals surface area contributed by atoms with E-state index in [9.17, 15) is 4.79 Å². The van der Waals surface area contributed by atoms with Crippen LogP contribution in [0.1, 0.15) is 10.4 Å². The summed E-state index contributed by atoms with van der Waals surface area (Å²) in [6.07, 6.45) is 0. The van der Waals surface area contributed by atoms with Crippen molar-refractivity contribution in [2.45, 2.75) is 4.83 Å². The zero-order chi connectivity index (χ0) is 9.84. The number of hydrogen-bond acceptors (Lipinski definition) is 2. The summed E-state index contributed by atoms with van der Waals surface area (Å²) < 4.78 is 4.58. The lowest BCUT2D eigenvalue weighted by atomic mass is 10.1. The second-order valence-electron chi connectivity index (χ2n) is 2.44. The second kappa shape index (κ2) is 4.63. The van der Waals surface area contributed by atoms with Gasteiger partial charge in [-0.25, -0.2) is 0 Å². The SMILES string of the molecule is COC(=O)[C@@H](Br)c1cccc(Cl)c1. The highest BCUT2D eigenvalue weighted by Gasteiger charge is 2.17. The van der Waals surface area contributed by atoms with E-state index in [-0.39, 0.29) is 5.97 Å². The number of esters is 1. The van der Waals surface area contributed by atoms with Crippen molar-refractivity contribution in [1.82, 2.24) is 0 Å². The normalized spacial score (nSPS) is 12.2. The molecule has 1 aromatic rings. The Morgan fingerprint density at radius 2 is 2.31 bits per heavy atom. The summed E-state index contributed by atoms with van der Waals surface area (Å²) in [4.78, 5) is 10.7. The molecule has 13 heavy (non-hydrogen) atoms. The smallest absolute Gasteiger partial charge is 0.323 e. The third-order valence-corrected chi connectivity index (χ3v) is 2.69. The number of halogens is 2. The lowest BCUT2D eigenvalue weighted by Crippen LogP contribution is -2.07. The van der Waals surface area contributed by atoms with Crippen LogP contribution in [0.5, 0.6) is 0 Å². The monoisotopic (exact) mass is 262 g/mol. The Kier molecular flexibility index (Phi) is 3.75. The first-order valence-electron chi connectivity index (χ1n) is 3.62. The molecule has 1 rings (SSSR count). The molecular weight excluding hydrogens is 255 g/mol. The summed E-state index contributed by atoms with van der Waals surface area (Å²) in [5, 5.41) is 0.603. The van der Waals surface area contributed by atoms with Gasteiger partial charge in [-0.1, -0.05) is 39.7 Å². The molecule has 0 spiro atoms. The number of benzene rings is 1. The third kappa shape index (κ3) is 2.71. The predicted molar refractivity (Wildman–Crippen MR) is 55.1 cm³/mol. The van der Waals surface area contributed by atoms with Crippen LogP contribution in [0.25, 0.3) is 0 Å². The van der Waals surface area contributed by atoms with Gasteiger partial charge in [0.15, 0.2) is 0 Å². The van der Waals surface area contributed by atoms with Crippen LogP contribution in [-0.2, 0) is 9.53 Å². The molecule has 0 saturated heterocycles. The van der Waals surface area contributed by atoms with E-state index in [1.54, 1.807) is 18.2 Å². The van der Waals surface area contributed by atoms with Crippen molar-refractivity contribution in [3.05, 3.63) is 34.9 Å². The van der Waals surface area contributed by atoms with Crippen LogP contribution >= 0.6 is 27.5 Å². The van der Waals surface area contributed by atoms with Gasteiger partial charge < -0.3 is 4.74 Å². The zero-order valence-electron chi connectivity index (χ0n) is 6.96. The minimum Gasteiger partial charge on any atom is -0.468 e. The summed E-state index contributed by atoms with van der Waals surface area (Å²) in [7, 11) is 1.35. The van der Waals surface area contributed by atoms with Crippen LogP contribution in [0.2, 0.25) is 5.02 Å². The van der Waals surface area contributed by atoms with Gasteiger partial charge in [0.1, 0.15) is 4.83 Å². The Hall–Kier alpha value is -0.540. The zero-order valence-corrected chi connectivity index (χ0v) is 9.30. The van der Waals surface area contributed by atoms with Crippen molar-refractivity contribution >= 4 is 33.5 Å². The van der Waals surface area contributed by atoms with Crippen molar-refractivity contribution in [1.29, 1.82) is 0 Å². The average Bonchev–Trinajstić information content (AvgIpc) is 2.15. The molecule has 0 aliphatic rings. The highest BCUT2D eigenvalue weighted by atomic mass is 79.9. The van der Waals surface area contributed by atoms with Crippen LogP contribution in [0, 0.1) is 0 Å². The van der Waals surface area contributed by atoms with E-state index in [1.165, 1.54) is 7.11 Å². The van der Waals surface area contributed by atoms with Gasteiger partial charge in [-0.15, -0.1) is 0 Å². The van der Waals surface area contributed by atoms with Crippen molar-refractivity contribution < 1.29 is 9.53 Å². The molecule has 70 valence electrons. The van der Waals surface area contributed by atoms with Gasteiger partial charge in [0, 0.05) is 5.02 Å². The molecule has 0 aliphatic heterocycles. The van der Waals surface area contributed by atoms with Crippen LogP contribution in [0.15, 0.2) is 24.3 Å². The molecule has 0 saturated carbocycles. The maximum Gasteiger partial charge on any atom is 0.323 e. The third-order valence-electron chi connectivity index (χ3n) is 1.55. The van der Waals surface area contributed by atoms with Gasteiger partial charge >= 0.3 is 5.97 Å². The Labute approximate surface area is 90.0 Å². The lowest BCUT2D eigenvalue weighted by molar-refractivity contribution is -0.139. The van der Waals surface area contributed by atoms with Gasteiger partial charge in [-0.3, -0.25) is 4.79 Å². The number of alkyl halides is 1. The van der Waals surface area contributed by atoms with E-state index < -0.39 is 4.83 Å². The fourth-order valence-electron chi connectivity index (χ4n) is 0.904. The average molecular weight is 264 g/mol. The predicted octanol–water partition coefficient (Wildman–Crippen LogP) is 2.95. The van der Waals surface area contributed by atoms with Crippen LogP contribution in [0.4, 0.5) is 0 Å². The minimum absolute atomic E-state index is 0.331. The van der Waals surface area contributed by atoms with Crippen molar-refractivity contribution in [3.8, 4) is 0 Å². The van der Waals surface area contributed by atoms with E-state index in [1.807, 2.05) is 6.07 Å². The number of carbonyl (C=O) groups excluding carboxylic acids is 1. The van der Waals surface area contributed by atoms with Crippen LogP contribution in [0.3, 0.4) is 0 Å². The van der Waals surface area contributed by atoms with Crippen LogP contribution in [-0.4, -0.2) is 13.1 Å². The largest absolute Gasteiger partial charge is 0.468 e. The highest BCUT2D eigenvalue weighted by Crippen LogP contribution is 2.25. The Morgan fingerprint density at radius 1 is 1.62 bits per heavy atom. The molecule has 0 amide bonds. The summed E-state index contributed by atoms with van der Waals surface area (Å²) in [5.41, 5.74) is 0.791. The van der Waals surface area contributed by atoms with E-state index in [0.717, 1.165) is 5.56 Å². The molecule has 0 fully saturated rings. The molecule has 1 atom stereocenters. The minimum atomic E-state index is -0.448. The highest BCUT2D eigenvalue weighted by molar-refractivity contribution is 9.09. The molecule has 0 N–H and O–H groups in total. The quantitative estimate of drug-likeness (QED) is 0.606. The molecule has 4 heteroatoms. The van der Waals surface area contributed by atoms with Gasteiger partial charge in [0.25, 0.3) is 0 Å². The molecule has 0 heterocycles. The molecule has 0 aliphatic carbocycles. The first-order chi connectivity index (χ1) is 6.15. The number of carbonyl (C=O) groups is 1. The summed E-state index contributed by atoms with van der Waals surface area (Å²) in [5.74, 6) is -0.331. The Bertz CT molecular complexity index is 314. The van der Waals surface area contributed by atoms with E-state index >= 15 is 0 Å². The topological polar surface area (TPSA) is 26.3 Å². The number of rotatable bonds is 2.